The molecule has 0 radical (unpaired) electrons. The summed E-state index contributed by atoms with van der Waals surface area (Å²) in [5.41, 5.74) is 2.53. The van der Waals surface area contributed by atoms with Gasteiger partial charge < -0.3 is 5.32 Å². The summed E-state index contributed by atoms with van der Waals surface area (Å²) in [7, 11) is 1.88. The van der Waals surface area contributed by atoms with E-state index in [0.29, 0.717) is 19.4 Å². The van der Waals surface area contributed by atoms with Crippen LogP contribution < -0.4 is 11.0 Å². The van der Waals surface area contributed by atoms with Crippen molar-refractivity contribution in [2.45, 2.75) is 44.7 Å². The predicted molar refractivity (Wildman–Crippen MR) is 149 cm³/mol. The van der Waals surface area contributed by atoms with E-state index in [1.807, 2.05) is 54.1 Å². The number of hydrogen-bond donors (Lipinski definition) is 1. The molecule has 1 fully saturated rings. The molecule has 5 aromatic rings. The molecule has 1 aliphatic rings. The normalized spacial score (nSPS) is 17.6. The molecular weight excluding hydrogens is 538 g/mol. The molecule has 40 heavy (non-hydrogen) atoms. The van der Waals surface area contributed by atoms with E-state index in [9.17, 15) is 18.4 Å². The van der Waals surface area contributed by atoms with Crippen molar-refractivity contribution in [1.82, 2.24) is 29.2 Å². The third-order valence-corrected chi connectivity index (χ3v) is 8.01. The van der Waals surface area contributed by atoms with E-state index in [1.54, 1.807) is 15.4 Å². The molecule has 0 atom stereocenters. The van der Waals surface area contributed by atoms with Gasteiger partial charge in [-0.2, -0.15) is 5.10 Å². The number of pyridine rings is 1. The van der Waals surface area contributed by atoms with Crippen LogP contribution in [0.15, 0.2) is 65.7 Å². The van der Waals surface area contributed by atoms with Crippen LogP contribution in [-0.4, -0.2) is 35.8 Å². The topological polar surface area (TPSA) is 86.7 Å². The smallest absolute Gasteiger partial charge is 0.333 e. The van der Waals surface area contributed by atoms with Crippen LogP contribution in [0, 0.1) is 5.92 Å². The van der Waals surface area contributed by atoms with Gasteiger partial charge in [0, 0.05) is 31.2 Å². The minimum absolute atomic E-state index is 0.110. The number of para-hydroxylation sites is 2. The number of benzene rings is 2. The molecule has 3 heterocycles. The Hall–Kier alpha value is -4.05. The first-order chi connectivity index (χ1) is 19.3. The summed E-state index contributed by atoms with van der Waals surface area (Å²) in [4.78, 5) is 30.3. The summed E-state index contributed by atoms with van der Waals surface area (Å²) in [6.45, 7) is 0.545. The van der Waals surface area contributed by atoms with E-state index in [1.165, 1.54) is 6.07 Å². The van der Waals surface area contributed by atoms with Crippen LogP contribution in [0.25, 0.3) is 27.6 Å². The zero-order valence-corrected chi connectivity index (χ0v) is 22.5. The van der Waals surface area contributed by atoms with Gasteiger partial charge >= 0.3 is 5.69 Å². The van der Waals surface area contributed by atoms with Gasteiger partial charge in [-0.15, -0.1) is 0 Å². The number of carbonyl (C=O) groups is 1. The fourth-order valence-electron chi connectivity index (χ4n) is 5.79. The molecule has 3 aromatic heterocycles. The van der Waals surface area contributed by atoms with Crippen molar-refractivity contribution in [2.75, 3.05) is 0 Å². The Balaban J connectivity index is 1.21. The fraction of sp³-hybridized carbons (Fsp3) is 0.310. The second kappa shape index (κ2) is 10.5. The highest BCUT2D eigenvalue weighted by Gasteiger charge is 2.27. The Bertz CT molecular complexity index is 1780. The van der Waals surface area contributed by atoms with Crippen LogP contribution in [0.2, 0.25) is 5.02 Å². The van der Waals surface area contributed by atoms with Crippen LogP contribution in [0.4, 0.5) is 8.78 Å². The molecule has 11 heteroatoms. The number of imidazole rings is 1. The Morgan fingerprint density at radius 2 is 1.77 bits per heavy atom. The van der Waals surface area contributed by atoms with Crippen LogP contribution in [0.5, 0.6) is 0 Å². The van der Waals surface area contributed by atoms with E-state index in [0.717, 1.165) is 46.7 Å². The van der Waals surface area contributed by atoms with Gasteiger partial charge in [0.15, 0.2) is 0 Å². The highest BCUT2D eigenvalue weighted by Crippen LogP contribution is 2.30. The number of aromatic nitrogens is 5. The van der Waals surface area contributed by atoms with Gasteiger partial charge in [-0.05, 0) is 61.9 Å². The van der Waals surface area contributed by atoms with Crippen molar-refractivity contribution in [3.63, 3.8) is 0 Å². The lowest BCUT2D eigenvalue weighted by Crippen LogP contribution is -2.39. The van der Waals surface area contributed by atoms with Gasteiger partial charge in [-0.25, -0.2) is 13.6 Å². The van der Waals surface area contributed by atoms with Crippen molar-refractivity contribution in [1.29, 1.82) is 0 Å². The number of aryl methyl sites for hydroxylation is 1. The van der Waals surface area contributed by atoms with E-state index in [-0.39, 0.29) is 28.2 Å². The second-order valence-corrected chi connectivity index (χ2v) is 10.7. The van der Waals surface area contributed by atoms with Gasteiger partial charge in [-0.1, -0.05) is 29.8 Å². The molecule has 6 rings (SSSR count). The molecule has 0 aliphatic heterocycles. The van der Waals surface area contributed by atoms with E-state index in [4.69, 9.17) is 11.6 Å². The Labute approximate surface area is 233 Å². The van der Waals surface area contributed by atoms with E-state index in [2.05, 4.69) is 15.4 Å². The largest absolute Gasteiger partial charge is 0.349 e. The molecule has 0 spiro atoms. The highest BCUT2D eigenvalue weighted by atomic mass is 35.5. The van der Waals surface area contributed by atoms with Crippen LogP contribution in [0.3, 0.4) is 0 Å². The molecule has 1 amide bonds. The average Bonchev–Trinajstić information content (AvgIpc) is 3.46. The molecule has 1 saturated carbocycles. The first-order valence-electron chi connectivity index (χ1n) is 13.2. The maximum atomic E-state index is 13.9. The molecule has 1 N–H and O–H groups in total. The lowest BCUT2D eigenvalue weighted by Gasteiger charge is -2.29. The van der Waals surface area contributed by atoms with E-state index >= 15 is 0 Å². The first-order valence-corrected chi connectivity index (χ1v) is 13.6. The third-order valence-electron chi connectivity index (χ3n) is 7.80. The number of hydrogen-bond acceptors (Lipinski definition) is 4. The van der Waals surface area contributed by atoms with Gasteiger partial charge in [0.25, 0.3) is 12.3 Å². The zero-order valence-electron chi connectivity index (χ0n) is 21.7. The highest BCUT2D eigenvalue weighted by molar-refractivity contribution is 6.30. The second-order valence-electron chi connectivity index (χ2n) is 10.3. The quantitative estimate of drug-likeness (QED) is 0.289. The van der Waals surface area contributed by atoms with Crippen LogP contribution in [-0.2, 0) is 13.6 Å². The molecule has 0 bridgehead atoms. The summed E-state index contributed by atoms with van der Waals surface area (Å²) in [5.74, 6) is -0.374. The maximum Gasteiger partial charge on any atom is 0.333 e. The Morgan fingerprint density at radius 1 is 1.05 bits per heavy atom. The van der Waals surface area contributed by atoms with Crippen LogP contribution in [0.1, 0.15) is 48.2 Å². The monoisotopic (exact) mass is 564 g/mol. The molecule has 0 saturated heterocycles. The summed E-state index contributed by atoms with van der Waals surface area (Å²) in [5, 5.41) is 8.28. The number of amides is 1. The van der Waals surface area contributed by atoms with Crippen molar-refractivity contribution < 1.29 is 13.6 Å². The zero-order chi connectivity index (χ0) is 28.0. The molecule has 8 nitrogen and oxygen atoms in total. The first kappa shape index (κ1) is 26.2. The molecule has 2 aromatic carbocycles. The van der Waals surface area contributed by atoms with Gasteiger partial charge in [0.05, 0.1) is 39.0 Å². The number of nitrogens with zero attached hydrogens (tertiary/aromatic N) is 5. The van der Waals surface area contributed by atoms with Crippen molar-refractivity contribution in [2.24, 2.45) is 13.0 Å². The number of nitrogens with one attached hydrogen (secondary N) is 1. The van der Waals surface area contributed by atoms with Crippen molar-refractivity contribution >= 4 is 39.4 Å². The lowest BCUT2D eigenvalue weighted by molar-refractivity contribution is 0.0904. The number of rotatable bonds is 6. The summed E-state index contributed by atoms with van der Waals surface area (Å²) < 4.78 is 32.1. The SMILES string of the molecule is Cn1ncc2c(-n3c(=O)n(C[C@H]4CC[C@H](NC(=O)c5cc(Cl)cnc5C(F)F)CC4)c4ccccc43)cccc21. The minimum atomic E-state index is -2.88. The van der Waals surface area contributed by atoms with Gasteiger partial charge in [0.1, 0.15) is 5.69 Å². The number of carbonyl (C=O) groups excluding carboxylic acids is 1. The molecule has 0 unspecified atom stereocenters. The Morgan fingerprint density at radius 3 is 2.52 bits per heavy atom. The predicted octanol–water partition coefficient (Wildman–Crippen LogP) is 5.65. The molecular formula is C29H27ClF2N6O2. The van der Waals surface area contributed by atoms with Crippen molar-refractivity contribution in [3.8, 4) is 5.69 Å². The number of halogens is 3. The maximum absolute atomic E-state index is 13.9. The minimum Gasteiger partial charge on any atom is -0.349 e. The van der Waals surface area contributed by atoms with Crippen molar-refractivity contribution in [3.05, 3.63) is 87.7 Å². The standard InChI is InChI=1S/C29H27ClF2N6O2/c1-36-22-7-4-8-23(21(22)15-34-36)38-25-6-3-2-5-24(25)37(29(38)40)16-17-9-11-19(12-10-17)35-28(39)20-13-18(30)14-33-26(20)27(31)32/h2-8,13-15,17,19,27H,9-12,16H2,1H3,(H,35,39)/t17-,19-. The molecule has 206 valence electrons. The van der Waals surface area contributed by atoms with Crippen LogP contribution >= 0.6 is 11.6 Å². The third kappa shape index (κ3) is 4.66. The van der Waals surface area contributed by atoms with Gasteiger partial charge in [-0.3, -0.25) is 23.6 Å². The number of fused-ring (bicyclic) bond motifs is 2. The lowest BCUT2D eigenvalue weighted by atomic mass is 9.85. The number of alkyl halides is 2. The van der Waals surface area contributed by atoms with E-state index < -0.39 is 18.0 Å². The van der Waals surface area contributed by atoms with Gasteiger partial charge in [0.2, 0.25) is 0 Å². The average molecular weight is 565 g/mol. The molecule has 1 aliphatic carbocycles. The fourth-order valence-corrected chi connectivity index (χ4v) is 5.95. The Kier molecular flexibility index (Phi) is 6.87. The summed E-state index contributed by atoms with van der Waals surface area (Å²) in [6, 6.07) is 14.7. The summed E-state index contributed by atoms with van der Waals surface area (Å²) >= 11 is 5.91. The summed E-state index contributed by atoms with van der Waals surface area (Å²) in [6.07, 6.45) is 2.94.